The predicted molar refractivity (Wildman–Crippen MR) is 115 cm³/mol. The number of aliphatic hydroxyl groups is 1. The Morgan fingerprint density at radius 2 is 1.97 bits per heavy atom. The standard InChI is InChI=1S/C23H26ClNO5/c1-4-6-7-12-25-20(17-11-8-14(3)30-17)19(22(27)23(25)28)21(26)15-9-10-16(24)18(13-15)29-5-2/h8-11,13,20,26H,4-7,12H2,1-3H3/b21-19-. The highest BCUT2D eigenvalue weighted by molar-refractivity contribution is 6.46. The minimum absolute atomic E-state index is 0.00983. The maximum absolute atomic E-state index is 12.9. The molecule has 1 amide bonds. The molecule has 30 heavy (non-hydrogen) atoms. The number of aryl methyl sites for hydroxylation is 1. The van der Waals surface area contributed by atoms with Gasteiger partial charge in [-0.15, -0.1) is 0 Å². The Hall–Kier alpha value is -2.73. The molecule has 1 N–H and O–H groups in total. The summed E-state index contributed by atoms with van der Waals surface area (Å²) in [4.78, 5) is 27.2. The Kier molecular flexibility index (Phi) is 6.87. The lowest BCUT2D eigenvalue weighted by molar-refractivity contribution is -0.140. The van der Waals surface area contributed by atoms with Crippen molar-refractivity contribution in [2.45, 2.75) is 46.1 Å². The van der Waals surface area contributed by atoms with Crippen LogP contribution in [0.1, 0.15) is 56.2 Å². The van der Waals surface area contributed by atoms with Crippen molar-refractivity contribution >= 4 is 29.1 Å². The van der Waals surface area contributed by atoms with Crippen LogP contribution < -0.4 is 4.74 Å². The number of amides is 1. The van der Waals surface area contributed by atoms with Gasteiger partial charge < -0.3 is 19.2 Å². The largest absolute Gasteiger partial charge is 0.507 e. The molecule has 3 rings (SSSR count). The molecule has 1 fully saturated rings. The van der Waals surface area contributed by atoms with E-state index in [1.165, 1.54) is 4.90 Å². The number of hydrogen-bond acceptors (Lipinski definition) is 5. The fourth-order valence-electron chi connectivity index (χ4n) is 3.61. The number of furan rings is 1. The number of carbonyl (C=O) groups is 2. The van der Waals surface area contributed by atoms with Crippen molar-refractivity contribution in [3.8, 4) is 5.75 Å². The summed E-state index contributed by atoms with van der Waals surface area (Å²) >= 11 is 6.15. The van der Waals surface area contributed by atoms with Gasteiger partial charge in [0.25, 0.3) is 11.7 Å². The number of carbonyl (C=O) groups excluding carboxylic acids is 2. The number of ether oxygens (including phenoxy) is 1. The number of halogens is 1. The highest BCUT2D eigenvalue weighted by atomic mass is 35.5. The van der Waals surface area contributed by atoms with Crippen LogP contribution in [-0.4, -0.2) is 34.8 Å². The minimum Gasteiger partial charge on any atom is -0.507 e. The van der Waals surface area contributed by atoms with Gasteiger partial charge in [0.15, 0.2) is 0 Å². The number of nitrogens with zero attached hydrogens (tertiary/aromatic N) is 1. The van der Waals surface area contributed by atoms with Crippen molar-refractivity contribution in [1.29, 1.82) is 0 Å². The highest BCUT2D eigenvalue weighted by Crippen LogP contribution is 2.41. The Morgan fingerprint density at radius 1 is 1.20 bits per heavy atom. The predicted octanol–water partition coefficient (Wildman–Crippen LogP) is 5.25. The highest BCUT2D eigenvalue weighted by Gasteiger charge is 2.47. The Labute approximate surface area is 181 Å². The van der Waals surface area contributed by atoms with Gasteiger partial charge in [-0.2, -0.15) is 0 Å². The minimum atomic E-state index is -0.776. The molecule has 1 atom stereocenters. The van der Waals surface area contributed by atoms with E-state index < -0.39 is 17.7 Å². The van der Waals surface area contributed by atoms with E-state index in [0.717, 1.165) is 19.3 Å². The molecule has 1 aromatic heterocycles. The van der Waals surface area contributed by atoms with Crippen LogP contribution in [-0.2, 0) is 9.59 Å². The van der Waals surface area contributed by atoms with Crippen LogP contribution in [0.3, 0.4) is 0 Å². The molecule has 1 saturated heterocycles. The number of Topliss-reactive ketones (excluding diaryl/α,β-unsaturated/α-hetero) is 1. The first-order valence-electron chi connectivity index (χ1n) is 10.2. The van der Waals surface area contributed by atoms with Gasteiger partial charge >= 0.3 is 0 Å². The normalized spacial score (nSPS) is 18.3. The van der Waals surface area contributed by atoms with Crippen molar-refractivity contribution in [3.63, 3.8) is 0 Å². The van der Waals surface area contributed by atoms with Crippen LogP contribution in [0.5, 0.6) is 5.75 Å². The number of rotatable bonds is 8. The van der Waals surface area contributed by atoms with Crippen molar-refractivity contribution in [2.24, 2.45) is 0 Å². The van der Waals surface area contributed by atoms with Gasteiger partial charge in [0.05, 0.1) is 17.2 Å². The zero-order chi connectivity index (χ0) is 21.8. The number of likely N-dealkylation sites (tertiary alicyclic amines) is 1. The summed E-state index contributed by atoms with van der Waals surface area (Å²) in [6.45, 7) is 6.49. The quantitative estimate of drug-likeness (QED) is 0.267. The van der Waals surface area contributed by atoms with Crippen LogP contribution in [0.25, 0.3) is 5.76 Å². The zero-order valence-electron chi connectivity index (χ0n) is 17.4. The first-order valence-corrected chi connectivity index (χ1v) is 10.5. The smallest absolute Gasteiger partial charge is 0.295 e. The number of unbranched alkanes of at least 4 members (excludes halogenated alkanes) is 2. The third kappa shape index (κ3) is 4.24. The summed E-state index contributed by atoms with van der Waals surface area (Å²) < 4.78 is 11.3. The molecule has 1 unspecified atom stereocenters. The van der Waals surface area contributed by atoms with E-state index in [9.17, 15) is 14.7 Å². The molecule has 0 bridgehead atoms. The van der Waals surface area contributed by atoms with E-state index in [1.807, 2.05) is 6.92 Å². The van der Waals surface area contributed by atoms with E-state index in [4.69, 9.17) is 20.8 Å². The van der Waals surface area contributed by atoms with E-state index in [-0.39, 0.29) is 11.3 Å². The zero-order valence-corrected chi connectivity index (χ0v) is 18.2. The fraction of sp³-hybridized carbons (Fsp3) is 0.391. The average Bonchev–Trinajstić information content (AvgIpc) is 3.25. The maximum Gasteiger partial charge on any atom is 0.295 e. The summed E-state index contributed by atoms with van der Waals surface area (Å²) in [5.74, 6) is -0.131. The van der Waals surface area contributed by atoms with Crippen molar-refractivity contribution in [3.05, 3.63) is 58.0 Å². The van der Waals surface area contributed by atoms with Gasteiger partial charge in [0, 0.05) is 12.1 Å². The van der Waals surface area contributed by atoms with Crippen LogP contribution in [0.4, 0.5) is 0 Å². The molecule has 1 aliphatic heterocycles. The fourth-order valence-corrected chi connectivity index (χ4v) is 3.78. The number of benzene rings is 1. The Balaban J connectivity index is 2.10. The van der Waals surface area contributed by atoms with Crippen LogP contribution in [0.2, 0.25) is 5.02 Å². The van der Waals surface area contributed by atoms with Crippen LogP contribution >= 0.6 is 11.6 Å². The van der Waals surface area contributed by atoms with E-state index >= 15 is 0 Å². The summed E-state index contributed by atoms with van der Waals surface area (Å²) in [6, 6.07) is 7.48. The molecule has 0 spiro atoms. The monoisotopic (exact) mass is 431 g/mol. The molecule has 7 heteroatoms. The molecule has 6 nitrogen and oxygen atoms in total. The molecule has 160 valence electrons. The maximum atomic E-state index is 12.9. The van der Waals surface area contributed by atoms with Crippen molar-refractivity contribution in [2.75, 3.05) is 13.2 Å². The first-order chi connectivity index (χ1) is 14.4. The molecular formula is C23H26ClNO5. The molecule has 0 saturated carbocycles. The molecular weight excluding hydrogens is 406 g/mol. The van der Waals surface area contributed by atoms with Gasteiger partial charge in [0.2, 0.25) is 0 Å². The third-order valence-electron chi connectivity index (χ3n) is 5.08. The van der Waals surface area contributed by atoms with Gasteiger partial charge in [-0.3, -0.25) is 9.59 Å². The number of ketones is 1. The summed E-state index contributed by atoms with van der Waals surface area (Å²) in [5.41, 5.74) is 0.360. The van der Waals surface area contributed by atoms with Gasteiger partial charge in [0.1, 0.15) is 29.1 Å². The van der Waals surface area contributed by atoms with Crippen LogP contribution in [0.15, 0.2) is 40.3 Å². The summed E-state index contributed by atoms with van der Waals surface area (Å²) in [7, 11) is 0. The van der Waals surface area contributed by atoms with E-state index in [1.54, 1.807) is 37.3 Å². The summed E-state index contributed by atoms with van der Waals surface area (Å²) in [5, 5.41) is 11.5. The van der Waals surface area contributed by atoms with Gasteiger partial charge in [-0.25, -0.2) is 0 Å². The van der Waals surface area contributed by atoms with E-state index in [2.05, 4.69) is 6.92 Å². The average molecular weight is 432 g/mol. The Morgan fingerprint density at radius 3 is 2.60 bits per heavy atom. The van der Waals surface area contributed by atoms with E-state index in [0.29, 0.717) is 41.0 Å². The molecule has 2 heterocycles. The molecule has 1 aromatic carbocycles. The SMILES string of the molecule is CCCCCN1C(=O)C(=O)/C(=C(\O)c2ccc(Cl)c(OCC)c2)C1c1ccc(C)o1. The number of aliphatic hydroxyl groups excluding tert-OH is 1. The number of hydrogen-bond donors (Lipinski definition) is 1. The molecule has 0 aliphatic carbocycles. The third-order valence-corrected chi connectivity index (χ3v) is 5.39. The summed E-state index contributed by atoms with van der Waals surface area (Å²) in [6.07, 6.45) is 2.68. The molecule has 2 aromatic rings. The van der Waals surface area contributed by atoms with Crippen molar-refractivity contribution < 1.29 is 23.8 Å². The van der Waals surface area contributed by atoms with Crippen LogP contribution in [0, 0.1) is 6.92 Å². The topological polar surface area (TPSA) is 80.0 Å². The lowest BCUT2D eigenvalue weighted by Gasteiger charge is -2.23. The lowest BCUT2D eigenvalue weighted by Crippen LogP contribution is -2.30. The second-order valence-electron chi connectivity index (χ2n) is 7.23. The van der Waals surface area contributed by atoms with Crippen molar-refractivity contribution in [1.82, 2.24) is 4.90 Å². The van der Waals surface area contributed by atoms with Gasteiger partial charge in [-0.1, -0.05) is 31.4 Å². The molecule has 1 aliphatic rings. The Bertz CT molecular complexity index is 978. The second-order valence-corrected chi connectivity index (χ2v) is 7.63. The molecule has 0 radical (unpaired) electrons. The second kappa shape index (κ2) is 9.39. The first kappa shape index (κ1) is 22.0. The van der Waals surface area contributed by atoms with Gasteiger partial charge in [-0.05, 0) is 50.6 Å². The lowest BCUT2D eigenvalue weighted by atomic mass is 9.99.